The summed E-state index contributed by atoms with van der Waals surface area (Å²) in [7, 11) is 0. The smallest absolute Gasteiger partial charge is 0.258 e. The fraction of sp³-hybridized carbons (Fsp3) is 0.111. The Morgan fingerprint density at radius 3 is 2.64 bits per heavy atom. The molecule has 0 fully saturated rings. The highest BCUT2D eigenvalue weighted by Crippen LogP contribution is 2.24. The van der Waals surface area contributed by atoms with Crippen molar-refractivity contribution in [2.45, 2.75) is 6.92 Å². The van der Waals surface area contributed by atoms with Crippen LogP contribution in [0.15, 0.2) is 31.9 Å². The first-order chi connectivity index (χ1) is 6.66. The van der Waals surface area contributed by atoms with E-state index < -0.39 is 0 Å². The third-order valence-corrected chi connectivity index (χ3v) is 3.02. The van der Waals surface area contributed by atoms with Crippen LogP contribution in [0, 0.1) is 6.92 Å². The summed E-state index contributed by atoms with van der Waals surface area (Å²) in [4.78, 5) is 4.08. The summed E-state index contributed by atoms with van der Waals surface area (Å²) in [5.41, 5.74) is 2.06. The Kier molecular flexibility index (Phi) is 2.69. The summed E-state index contributed by atoms with van der Waals surface area (Å²) in [5, 5.41) is 3.66. The van der Waals surface area contributed by atoms with Crippen molar-refractivity contribution in [1.29, 1.82) is 0 Å². The Hall–Kier alpha value is -0.680. The average molecular weight is 318 g/mol. The second-order valence-corrected chi connectivity index (χ2v) is 4.40. The van der Waals surface area contributed by atoms with Gasteiger partial charge in [0, 0.05) is 10.0 Å². The van der Waals surface area contributed by atoms with Gasteiger partial charge in [-0.1, -0.05) is 15.9 Å². The van der Waals surface area contributed by atoms with Crippen LogP contribution in [0.4, 0.5) is 0 Å². The molecule has 1 heterocycles. The average Bonchev–Trinajstić information content (AvgIpc) is 2.57. The molecule has 2 aromatic rings. The van der Waals surface area contributed by atoms with Crippen LogP contribution in [0.1, 0.15) is 5.56 Å². The zero-order valence-electron chi connectivity index (χ0n) is 7.29. The van der Waals surface area contributed by atoms with E-state index in [0.29, 0.717) is 10.6 Å². The lowest BCUT2D eigenvalue weighted by Crippen LogP contribution is -1.80. The lowest BCUT2D eigenvalue weighted by Gasteiger charge is -1.98. The monoisotopic (exact) mass is 316 g/mol. The molecule has 2 rings (SSSR count). The van der Waals surface area contributed by atoms with Crippen LogP contribution in [0.2, 0.25) is 0 Å². The number of halogens is 2. The summed E-state index contributed by atoms with van der Waals surface area (Å²) < 4.78 is 6.56. The maximum atomic E-state index is 5.02. The zero-order valence-corrected chi connectivity index (χ0v) is 10.5. The standard InChI is InChI=1S/C9H6Br2N2O/c1-5-4-6(2-3-7(5)10)8-12-9(11)13-14-8/h2-4H,1H3. The Labute approximate surface area is 97.8 Å². The Morgan fingerprint density at radius 1 is 1.29 bits per heavy atom. The van der Waals surface area contributed by atoms with Crippen LogP contribution in [0.5, 0.6) is 0 Å². The van der Waals surface area contributed by atoms with Gasteiger partial charge < -0.3 is 4.52 Å². The molecule has 0 aliphatic carbocycles. The molecule has 1 aromatic heterocycles. The predicted molar refractivity (Wildman–Crippen MR) is 59.9 cm³/mol. The molecule has 0 saturated heterocycles. The number of nitrogens with zero attached hydrogens (tertiary/aromatic N) is 2. The molecule has 0 spiro atoms. The lowest BCUT2D eigenvalue weighted by molar-refractivity contribution is 0.426. The topological polar surface area (TPSA) is 38.9 Å². The van der Waals surface area contributed by atoms with Gasteiger partial charge >= 0.3 is 0 Å². The van der Waals surface area contributed by atoms with E-state index in [4.69, 9.17) is 4.52 Å². The van der Waals surface area contributed by atoms with Gasteiger partial charge in [0.25, 0.3) is 5.89 Å². The molecule has 72 valence electrons. The second-order valence-electron chi connectivity index (χ2n) is 2.83. The van der Waals surface area contributed by atoms with Crippen LogP contribution in [0.3, 0.4) is 0 Å². The van der Waals surface area contributed by atoms with Crippen LogP contribution in [-0.4, -0.2) is 10.1 Å². The normalized spacial score (nSPS) is 10.5. The molecule has 0 atom stereocenters. The minimum Gasteiger partial charge on any atom is -0.333 e. The van der Waals surface area contributed by atoms with Crippen LogP contribution < -0.4 is 0 Å². The predicted octanol–water partition coefficient (Wildman–Crippen LogP) is 3.57. The minimum atomic E-state index is 0.466. The molecule has 0 N–H and O–H groups in total. The third-order valence-electron chi connectivity index (χ3n) is 1.81. The number of aromatic nitrogens is 2. The molecule has 0 unspecified atom stereocenters. The van der Waals surface area contributed by atoms with Gasteiger partial charge in [-0.25, -0.2) is 0 Å². The number of rotatable bonds is 1. The second kappa shape index (κ2) is 3.82. The van der Waals surface area contributed by atoms with Crippen molar-refractivity contribution in [3.05, 3.63) is 33.0 Å². The van der Waals surface area contributed by atoms with Crippen molar-refractivity contribution in [2.24, 2.45) is 0 Å². The van der Waals surface area contributed by atoms with Gasteiger partial charge in [-0.3, -0.25) is 0 Å². The largest absolute Gasteiger partial charge is 0.333 e. The van der Waals surface area contributed by atoms with E-state index in [1.54, 1.807) is 0 Å². The highest BCUT2D eigenvalue weighted by atomic mass is 79.9. The van der Waals surface area contributed by atoms with Crippen LogP contribution in [0.25, 0.3) is 11.5 Å². The van der Waals surface area contributed by atoms with Gasteiger partial charge in [-0.05, 0) is 51.8 Å². The molecule has 0 aliphatic rings. The molecular weight excluding hydrogens is 312 g/mol. The van der Waals surface area contributed by atoms with Gasteiger partial charge in [0.05, 0.1) is 0 Å². The van der Waals surface area contributed by atoms with Crippen LogP contribution >= 0.6 is 31.9 Å². The third kappa shape index (κ3) is 1.88. The molecule has 14 heavy (non-hydrogen) atoms. The van der Waals surface area contributed by atoms with Gasteiger partial charge in [-0.2, -0.15) is 4.98 Å². The molecule has 0 radical (unpaired) electrons. The number of benzene rings is 1. The summed E-state index contributed by atoms with van der Waals surface area (Å²) >= 11 is 6.57. The maximum absolute atomic E-state index is 5.02. The van der Waals surface area contributed by atoms with Crippen molar-refractivity contribution in [2.75, 3.05) is 0 Å². The van der Waals surface area contributed by atoms with Crippen molar-refractivity contribution in [3.63, 3.8) is 0 Å². The summed E-state index contributed by atoms with van der Waals surface area (Å²) in [6.07, 6.45) is 0. The molecule has 0 amide bonds. The van der Waals surface area contributed by atoms with E-state index in [9.17, 15) is 0 Å². The molecule has 0 aliphatic heterocycles. The number of hydrogen-bond acceptors (Lipinski definition) is 3. The molecular formula is C9H6Br2N2O. The summed E-state index contributed by atoms with van der Waals surface area (Å²) in [6.45, 7) is 2.01. The zero-order chi connectivity index (χ0) is 10.1. The summed E-state index contributed by atoms with van der Waals surface area (Å²) in [5.74, 6) is 0.521. The highest BCUT2D eigenvalue weighted by Gasteiger charge is 2.07. The first kappa shape index (κ1) is 9.86. The Morgan fingerprint density at radius 2 is 2.07 bits per heavy atom. The number of hydrogen-bond donors (Lipinski definition) is 0. The highest BCUT2D eigenvalue weighted by molar-refractivity contribution is 9.10. The summed E-state index contributed by atoms with van der Waals surface area (Å²) in [6, 6.07) is 5.88. The van der Waals surface area contributed by atoms with Gasteiger partial charge in [0.1, 0.15) is 0 Å². The number of aryl methyl sites for hydroxylation is 1. The Bertz CT molecular complexity index is 468. The fourth-order valence-electron chi connectivity index (χ4n) is 1.10. The Balaban J connectivity index is 2.47. The van der Waals surface area contributed by atoms with E-state index >= 15 is 0 Å². The molecule has 0 bridgehead atoms. The van der Waals surface area contributed by atoms with Crippen LogP contribution in [-0.2, 0) is 0 Å². The first-order valence-corrected chi connectivity index (χ1v) is 5.51. The SMILES string of the molecule is Cc1cc(-c2nc(Br)no2)ccc1Br. The van der Waals surface area contributed by atoms with Gasteiger partial charge in [0.2, 0.25) is 4.73 Å². The lowest BCUT2D eigenvalue weighted by atomic mass is 10.1. The van der Waals surface area contributed by atoms with E-state index in [1.807, 2.05) is 25.1 Å². The molecule has 3 nitrogen and oxygen atoms in total. The van der Waals surface area contributed by atoms with E-state index in [1.165, 1.54) is 0 Å². The van der Waals surface area contributed by atoms with E-state index in [-0.39, 0.29) is 0 Å². The molecule has 5 heteroatoms. The minimum absolute atomic E-state index is 0.466. The van der Waals surface area contributed by atoms with Crippen molar-refractivity contribution >= 4 is 31.9 Å². The molecule has 1 aromatic carbocycles. The van der Waals surface area contributed by atoms with E-state index in [2.05, 4.69) is 42.0 Å². The quantitative estimate of drug-likeness (QED) is 0.807. The van der Waals surface area contributed by atoms with Crippen molar-refractivity contribution in [1.82, 2.24) is 10.1 Å². The van der Waals surface area contributed by atoms with Gasteiger partial charge in [-0.15, -0.1) is 0 Å². The maximum Gasteiger partial charge on any atom is 0.258 e. The van der Waals surface area contributed by atoms with E-state index in [0.717, 1.165) is 15.6 Å². The van der Waals surface area contributed by atoms with Crippen molar-refractivity contribution in [3.8, 4) is 11.5 Å². The fourth-order valence-corrected chi connectivity index (χ4v) is 1.58. The van der Waals surface area contributed by atoms with Gasteiger partial charge in [0.15, 0.2) is 0 Å². The van der Waals surface area contributed by atoms with Crippen molar-refractivity contribution < 1.29 is 4.52 Å². The first-order valence-electron chi connectivity index (χ1n) is 3.92. The molecule has 0 saturated carbocycles.